The van der Waals surface area contributed by atoms with Gasteiger partial charge in [0, 0.05) is 12.0 Å². The zero-order valence-electron chi connectivity index (χ0n) is 9.81. The van der Waals surface area contributed by atoms with Gasteiger partial charge in [0.15, 0.2) is 5.69 Å². The minimum atomic E-state index is -1.10. The van der Waals surface area contributed by atoms with E-state index in [0.29, 0.717) is 18.8 Å². The predicted octanol–water partition coefficient (Wildman–Crippen LogP) is 1.29. The first-order valence-corrected chi connectivity index (χ1v) is 6.13. The number of rotatable bonds is 4. The number of carboxylic acid groups (broad SMARTS) is 1. The third-order valence-corrected chi connectivity index (χ3v) is 3.71. The number of hydrogen-bond acceptors (Lipinski definition) is 4. The van der Waals surface area contributed by atoms with Gasteiger partial charge in [-0.05, 0) is 32.1 Å². The second kappa shape index (κ2) is 3.83. The Morgan fingerprint density at radius 1 is 1.44 bits per heavy atom. The van der Waals surface area contributed by atoms with Crippen molar-refractivity contribution in [2.75, 3.05) is 0 Å². The van der Waals surface area contributed by atoms with Crippen LogP contribution in [0.25, 0.3) is 0 Å². The van der Waals surface area contributed by atoms with Gasteiger partial charge in [-0.2, -0.15) is 0 Å². The van der Waals surface area contributed by atoms with Crippen LogP contribution in [0, 0.1) is 0 Å². The van der Waals surface area contributed by atoms with Gasteiger partial charge in [-0.25, -0.2) is 4.79 Å². The fraction of sp³-hybridized carbons (Fsp3) is 0.583. The highest BCUT2D eigenvalue weighted by Crippen LogP contribution is 2.40. The van der Waals surface area contributed by atoms with Crippen molar-refractivity contribution >= 4 is 11.9 Å². The number of nitrogens with zero attached hydrogens (tertiary/aromatic N) is 1. The Morgan fingerprint density at radius 3 is 2.67 bits per heavy atom. The van der Waals surface area contributed by atoms with Crippen LogP contribution in [0.1, 0.15) is 54.3 Å². The first kappa shape index (κ1) is 11.3. The third-order valence-electron chi connectivity index (χ3n) is 3.71. The van der Waals surface area contributed by atoms with Gasteiger partial charge >= 0.3 is 5.97 Å². The van der Waals surface area contributed by atoms with Crippen molar-refractivity contribution in [3.63, 3.8) is 0 Å². The number of aromatic nitrogens is 1. The maximum Gasteiger partial charge on any atom is 0.329 e. The van der Waals surface area contributed by atoms with Crippen LogP contribution >= 0.6 is 0 Å². The molecular formula is C12H14N2O4. The van der Waals surface area contributed by atoms with Crippen molar-refractivity contribution in [2.45, 2.75) is 43.6 Å². The Balaban J connectivity index is 1.71. The molecular weight excluding hydrogens is 236 g/mol. The van der Waals surface area contributed by atoms with Gasteiger partial charge in [0.2, 0.25) is 0 Å². The molecule has 2 N–H and O–H groups in total. The molecule has 0 aromatic carbocycles. The SMILES string of the molecule is O=C(NC1(C(=O)O)CCC1)c1cc(C2CC2)on1. The first-order chi connectivity index (χ1) is 8.61. The van der Waals surface area contributed by atoms with Crippen molar-refractivity contribution < 1.29 is 19.2 Å². The summed E-state index contributed by atoms with van der Waals surface area (Å²) in [6, 6.07) is 1.61. The Kier molecular flexibility index (Phi) is 2.39. The molecule has 1 heterocycles. The largest absolute Gasteiger partial charge is 0.480 e. The van der Waals surface area contributed by atoms with Gasteiger partial charge in [-0.1, -0.05) is 5.16 Å². The summed E-state index contributed by atoms with van der Waals surface area (Å²) in [4.78, 5) is 23.1. The maximum absolute atomic E-state index is 11.9. The maximum atomic E-state index is 11.9. The second-order valence-corrected chi connectivity index (χ2v) is 5.08. The quantitative estimate of drug-likeness (QED) is 0.839. The molecule has 2 aliphatic rings. The highest BCUT2D eigenvalue weighted by molar-refractivity contribution is 5.96. The third kappa shape index (κ3) is 1.77. The van der Waals surface area contributed by atoms with E-state index in [9.17, 15) is 9.59 Å². The van der Waals surface area contributed by atoms with Gasteiger partial charge in [0.25, 0.3) is 5.91 Å². The molecule has 0 radical (unpaired) electrons. The van der Waals surface area contributed by atoms with Gasteiger partial charge in [0.1, 0.15) is 11.3 Å². The molecule has 3 rings (SSSR count). The van der Waals surface area contributed by atoms with Gasteiger partial charge < -0.3 is 14.9 Å². The summed E-state index contributed by atoms with van der Waals surface area (Å²) in [7, 11) is 0. The first-order valence-electron chi connectivity index (χ1n) is 6.13. The van der Waals surface area contributed by atoms with E-state index in [1.165, 1.54) is 0 Å². The fourth-order valence-corrected chi connectivity index (χ4v) is 2.16. The number of hydrogen-bond donors (Lipinski definition) is 2. The molecule has 0 unspecified atom stereocenters. The molecule has 6 nitrogen and oxygen atoms in total. The minimum absolute atomic E-state index is 0.171. The predicted molar refractivity (Wildman–Crippen MR) is 60.2 cm³/mol. The van der Waals surface area contributed by atoms with Crippen molar-refractivity contribution in [1.82, 2.24) is 10.5 Å². The summed E-state index contributed by atoms with van der Waals surface area (Å²) < 4.78 is 5.08. The molecule has 6 heteroatoms. The Labute approximate surface area is 103 Å². The molecule has 1 aromatic rings. The molecule has 2 saturated carbocycles. The molecule has 2 aliphatic carbocycles. The van der Waals surface area contributed by atoms with Gasteiger partial charge in [-0.3, -0.25) is 4.79 Å². The molecule has 0 bridgehead atoms. The summed E-state index contributed by atoms with van der Waals surface area (Å²) in [5, 5.41) is 15.4. The van der Waals surface area contributed by atoms with Crippen LogP contribution in [0.3, 0.4) is 0 Å². The summed E-state index contributed by atoms with van der Waals surface area (Å²) in [5.74, 6) is -0.338. The lowest BCUT2D eigenvalue weighted by Crippen LogP contribution is -2.59. The van der Waals surface area contributed by atoms with Crippen LogP contribution in [-0.4, -0.2) is 27.7 Å². The molecule has 2 fully saturated rings. The summed E-state index contributed by atoms with van der Waals surface area (Å²) >= 11 is 0. The number of carboxylic acids is 1. The Morgan fingerprint density at radius 2 is 2.17 bits per heavy atom. The van der Waals surface area contributed by atoms with E-state index in [4.69, 9.17) is 9.63 Å². The average molecular weight is 250 g/mol. The van der Waals surface area contributed by atoms with Crippen molar-refractivity contribution in [1.29, 1.82) is 0 Å². The zero-order valence-corrected chi connectivity index (χ0v) is 9.81. The molecule has 0 atom stereocenters. The van der Waals surface area contributed by atoms with E-state index >= 15 is 0 Å². The smallest absolute Gasteiger partial charge is 0.329 e. The van der Waals surface area contributed by atoms with Gasteiger partial charge in [-0.15, -0.1) is 0 Å². The molecule has 96 valence electrons. The Bertz CT molecular complexity index is 500. The highest BCUT2D eigenvalue weighted by Gasteiger charge is 2.46. The summed E-state index contributed by atoms with van der Waals surface area (Å²) in [6.07, 6.45) is 3.90. The van der Waals surface area contributed by atoms with E-state index in [2.05, 4.69) is 10.5 Å². The van der Waals surface area contributed by atoms with Crippen LogP contribution in [0.15, 0.2) is 10.6 Å². The van der Waals surface area contributed by atoms with Crippen molar-refractivity contribution in [3.8, 4) is 0 Å². The highest BCUT2D eigenvalue weighted by atomic mass is 16.5. The molecule has 18 heavy (non-hydrogen) atoms. The standard InChI is InChI=1S/C12H14N2O4/c15-10(13-12(11(16)17)4-1-5-12)8-6-9(18-14-8)7-2-3-7/h6-7H,1-5H2,(H,13,15)(H,16,17). The van der Waals surface area contributed by atoms with Crippen molar-refractivity contribution in [3.05, 3.63) is 17.5 Å². The molecule has 0 aliphatic heterocycles. The lowest BCUT2D eigenvalue weighted by atomic mass is 9.76. The van der Waals surface area contributed by atoms with E-state index in [1.807, 2.05) is 0 Å². The molecule has 0 saturated heterocycles. The van der Waals surface area contributed by atoms with E-state index < -0.39 is 17.4 Å². The Hall–Kier alpha value is -1.85. The van der Waals surface area contributed by atoms with E-state index in [-0.39, 0.29) is 5.69 Å². The number of carbonyl (C=O) groups excluding carboxylic acids is 1. The van der Waals surface area contributed by atoms with Crippen molar-refractivity contribution in [2.24, 2.45) is 0 Å². The molecule has 0 spiro atoms. The normalized spacial score (nSPS) is 21.1. The van der Waals surface area contributed by atoms with Crippen LogP contribution in [0.2, 0.25) is 0 Å². The van der Waals surface area contributed by atoms with Gasteiger partial charge in [0.05, 0.1) is 0 Å². The lowest BCUT2D eigenvalue weighted by Gasteiger charge is -2.37. The van der Waals surface area contributed by atoms with E-state index in [1.54, 1.807) is 6.07 Å². The summed E-state index contributed by atoms with van der Waals surface area (Å²) in [6.45, 7) is 0. The molecule has 1 amide bonds. The number of aliphatic carboxylic acids is 1. The van der Waals surface area contributed by atoms with Crippen LogP contribution in [0.5, 0.6) is 0 Å². The topological polar surface area (TPSA) is 92.4 Å². The monoisotopic (exact) mass is 250 g/mol. The lowest BCUT2D eigenvalue weighted by molar-refractivity contribution is -0.148. The number of nitrogens with one attached hydrogen (secondary N) is 1. The zero-order chi connectivity index (χ0) is 12.8. The number of carbonyl (C=O) groups is 2. The van der Waals surface area contributed by atoms with Crippen LogP contribution < -0.4 is 5.32 Å². The fourth-order valence-electron chi connectivity index (χ4n) is 2.16. The van der Waals surface area contributed by atoms with Crippen LogP contribution in [-0.2, 0) is 4.79 Å². The molecule has 1 aromatic heterocycles. The average Bonchev–Trinajstić information content (AvgIpc) is 3.01. The van der Waals surface area contributed by atoms with E-state index in [0.717, 1.165) is 25.0 Å². The number of amides is 1. The second-order valence-electron chi connectivity index (χ2n) is 5.08. The summed E-state index contributed by atoms with van der Waals surface area (Å²) in [5.41, 5.74) is -0.931. The van der Waals surface area contributed by atoms with Crippen LogP contribution in [0.4, 0.5) is 0 Å². The minimum Gasteiger partial charge on any atom is -0.480 e.